The van der Waals surface area contributed by atoms with Gasteiger partial charge in [-0.2, -0.15) is 13.2 Å². The lowest BCUT2D eigenvalue weighted by molar-refractivity contribution is -0.137. The van der Waals surface area contributed by atoms with E-state index in [-0.39, 0.29) is 24.6 Å². The molecule has 2 amide bonds. The van der Waals surface area contributed by atoms with Gasteiger partial charge in [-0.1, -0.05) is 49.7 Å². The number of benzene rings is 3. The number of aromatic nitrogens is 1. The summed E-state index contributed by atoms with van der Waals surface area (Å²) in [5, 5.41) is 1.08. The fraction of sp³-hybridized carbons (Fsp3) is 0.333. The number of ether oxygens (including phenoxy) is 1. The first-order valence-corrected chi connectivity index (χ1v) is 14.2. The zero-order chi connectivity index (χ0) is 30.1. The Morgan fingerprint density at radius 2 is 1.67 bits per heavy atom. The van der Waals surface area contributed by atoms with E-state index in [1.54, 1.807) is 4.90 Å². The van der Waals surface area contributed by atoms with Crippen LogP contribution in [-0.2, 0) is 23.9 Å². The number of carbonyl (C=O) groups is 2. The first-order valence-electron chi connectivity index (χ1n) is 14.2. The molecule has 4 aromatic rings. The largest absolute Gasteiger partial charge is 0.494 e. The van der Waals surface area contributed by atoms with Gasteiger partial charge in [-0.05, 0) is 67.3 Å². The van der Waals surface area contributed by atoms with Crippen LogP contribution >= 0.6 is 0 Å². The van der Waals surface area contributed by atoms with Crippen molar-refractivity contribution in [3.8, 4) is 5.75 Å². The van der Waals surface area contributed by atoms with Crippen LogP contribution in [0.5, 0.6) is 5.75 Å². The van der Waals surface area contributed by atoms with E-state index in [1.165, 1.54) is 17.0 Å². The molecule has 3 aromatic carbocycles. The molecule has 0 bridgehead atoms. The summed E-state index contributed by atoms with van der Waals surface area (Å²) in [6.07, 6.45) is -0.668. The number of hydrogen-bond acceptors (Lipinski definition) is 3. The number of para-hydroxylation sites is 1. The van der Waals surface area contributed by atoms with Gasteiger partial charge in [0.2, 0.25) is 5.91 Å². The quantitative estimate of drug-likeness (QED) is 0.184. The minimum atomic E-state index is -4.57. The van der Waals surface area contributed by atoms with Crippen molar-refractivity contribution >= 4 is 22.7 Å². The lowest BCUT2D eigenvalue weighted by Crippen LogP contribution is -2.43. The fourth-order valence-electron chi connectivity index (χ4n) is 4.84. The number of fused-ring (bicyclic) bond motifs is 1. The van der Waals surface area contributed by atoms with Gasteiger partial charge in [-0.3, -0.25) is 9.59 Å². The highest BCUT2D eigenvalue weighted by Crippen LogP contribution is 2.30. The molecule has 0 aliphatic heterocycles. The molecule has 0 aliphatic carbocycles. The van der Waals surface area contributed by atoms with E-state index in [0.29, 0.717) is 32.5 Å². The zero-order valence-electron chi connectivity index (χ0n) is 23.9. The molecule has 1 aromatic heterocycles. The Labute approximate surface area is 244 Å². The SMILES string of the molecule is CCCCN(CC(=O)N(CCc1c[nH]c2ccccc12)Cc1ccc(OCC)cc1)C(=O)c1cccc(C(F)(F)F)c1. The van der Waals surface area contributed by atoms with E-state index in [4.69, 9.17) is 4.74 Å². The predicted octanol–water partition coefficient (Wildman–Crippen LogP) is 7.10. The Kier molecular flexibility index (Phi) is 10.3. The monoisotopic (exact) mass is 579 g/mol. The molecule has 9 heteroatoms. The van der Waals surface area contributed by atoms with Crippen LogP contribution in [0.25, 0.3) is 10.9 Å². The summed E-state index contributed by atoms with van der Waals surface area (Å²) in [5.41, 5.74) is 1.99. The van der Waals surface area contributed by atoms with Crippen LogP contribution in [0.4, 0.5) is 13.2 Å². The molecule has 0 saturated carbocycles. The molecular formula is C33H36F3N3O3. The molecule has 0 saturated heterocycles. The number of hydrogen-bond donors (Lipinski definition) is 1. The number of nitrogens with zero attached hydrogens (tertiary/aromatic N) is 2. The number of nitrogens with one attached hydrogen (secondary N) is 1. The molecule has 0 atom stereocenters. The molecule has 4 rings (SSSR count). The van der Waals surface area contributed by atoms with Crippen LogP contribution in [0.15, 0.2) is 79.0 Å². The minimum absolute atomic E-state index is 0.0921. The molecule has 0 spiro atoms. The van der Waals surface area contributed by atoms with Crippen molar-refractivity contribution in [1.82, 2.24) is 14.8 Å². The zero-order valence-corrected chi connectivity index (χ0v) is 23.9. The third-order valence-corrected chi connectivity index (χ3v) is 7.12. The lowest BCUT2D eigenvalue weighted by atomic mass is 10.1. The Morgan fingerprint density at radius 1 is 0.905 bits per heavy atom. The molecule has 6 nitrogen and oxygen atoms in total. The Balaban J connectivity index is 1.56. The van der Waals surface area contributed by atoms with Crippen molar-refractivity contribution in [2.45, 2.75) is 45.8 Å². The van der Waals surface area contributed by atoms with Crippen LogP contribution in [0.2, 0.25) is 0 Å². The first-order chi connectivity index (χ1) is 20.2. The van der Waals surface area contributed by atoms with Gasteiger partial charge in [0.15, 0.2) is 0 Å². The molecule has 222 valence electrons. The van der Waals surface area contributed by atoms with Crippen molar-refractivity contribution in [3.63, 3.8) is 0 Å². The van der Waals surface area contributed by atoms with E-state index in [1.807, 2.05) is 68.6 Å². The smallest absolute Gasteiger partial charge is 0.416 e. The van der Waals surface area contributed by atoms with E-state index >= 15 is 0 Å². The highest BCUT2D eigenvalue weighted by atomic mass is 19.4. The van der Waals surface area contributed by atoms with E-state index in [9.17, 15) is 22.8 Å². The number of amides is 2. The maximum atomic E-state index is 13.8. The number of rotatable bonds is 13. The summed E-state index contributed by atoms with van der Waals surface area (Å²) in [5.74, 6) is -0.143. The number of alkyl halides is 3. The molecule has 0 aliphatic rings. The molecular weight excluding hydrogens is 543 g/mol. The van der Waals surface area contributed by atoms with Gasteiger partial charge < -0.3 is 19.5 Å². The molecule has 0 fully saturated rings. The summed E-state index contributed by atoms with van der Waals surface area (Å²) >= 11 is 0. The summed E-state index contributed by atoms with van der Waals surface area (Å²) in [7, 11) is 0. The maximum absolute atomic E-state index is 13.8. The second-order valence-corrected chi connectivity index (χ2v) is 10.2. The van der Waals surface area contributed by atoms with Gasteiger partial charge in [0.1, 0.15) is 12.3 Å². The van der Waals surface area contributed by atoms with Gasteiger partial charge in [0.25, 0.3) is 5.91 Å². The fourth-order valence-corrected chi connectivity index (χ4v) is 4.84. The van der Waals surface area contributed by atoms with Crippen LogP contribution in [0, 0.1) is 0 Å². The van der Waals surface area contributed by atoms with Crippen LogP contribution < -0.4 is 4.74 Å². The first kappa shape index (κ1) is 30.7. The van der Waals surface area contributed by atoms with Gasteiger partial charge in [0, 0.05) is 42.3 Å². The Bertz CT molecular complexity index is 1480. The molecule has 0 radical (unpaired) electrons. The number of halogens is 3. The topological polar surface area (TPSA) is 65.6 Å². The van der Waals surface area contributed by atoms with E-state index < -0.39 is 17.6 Å². The molecule has 42 heavy (non-hydrogen) atoms. The van der Waals surface area contributed by atoms with E-state index in [2.05, 4.69) is 4.98 Å². The highest BCUT2D eigenvalue weighted by Gasteiger charge is 2.31. The Morgan fingerprint density at radius 3 is 2.38 bits per heavy atom. The van der Waals surface area contributed by atoms with Crippen molar-refractivity contribution < 1.29 is 27.5 Å². The van der Waals surface area contributed by atoms with Gasteiger partial charge in [-0.15, -0.1) is 0 Å². The highest BCUT2D eigenvalue weighted by molar-refractivity contribution is 5.96. The van der Waals surface area contributed by atoms with Gasteiger partial charge in [-0.25, -0.2) is 0 Å². The van der Waals surface area contributed by atoms with Crippen molar-refractivity contribution in [2.24, 2.45) is 0 Å². The summed E-state index contributed by atoms with van der Waals surface area (Å²) in [6.45, 7) is 5.14. The lowest BCUT2D eigenvalue weighted by Gasteiger charge is -2.28. The van der Waals surface area contributed by atoms with Gasteiger partial charge >= 0.3 is 6.18 Å². The second kappa shape index (κ2) is 14.1. The summed E-state index contributed by atoms with van der Waals surface area (Å²) in [4.78, 5) is 33.5. The molecule has 1 N–H and O–H groups in total. The van der Waals surface area contributed by atoms with Crippen LogP contribution in [0.1, 0.15) is 53.7 Å². The molecule has 1 heterocycles. The summed E-state index contributed by atoms with van der Waals surface area (Å²) in [6, 6.07) is 19.8. The average molecular weight is 580 g/mol. The van der Waals surface area contributed by atoms with Crippen molar-refractivity contribution in [1.29, 1.82) is 0 Å². The Hall–Kier alpha value is -4.27. The number of aromatic amines is 1. The predicted molar refractivity (Wildman–Crippen MR) is 157 cm³/mol. The third kappa shape index (κ3) is 7.93. The normalized spacial score (nSPS) is 11.5. The van der Waals surface area contributed by atoms with Crippen molar-refractivity contribution in [2.75, 3.05) is 26.2 Å². The number of unbranched alkanes of at least 4 members (excludes halogenated alkanes) is 1. The second-order valence-electron chi connectivity index (χ2n) is 10.2. The molecule has 0 unspecified atom stereocenters. The van der Waals surface area contributed by atoms with Crippen LogP contribution in [-0.4, -0.2) is 52.8 Å². The third-order valence-electron chi connectivity index (χ3n) is 7.12. The van der Waals surface area contributed by atoms with Gasteiger partial charge in [0.05, 0.1) is 12.2 Å². The minimum Gasteiger partial charge on any atom is -0.494 e. The van der Waals surface area contributed by atoms with Crippen molar-refractivity contribution in [3.05, 3.63) is 101 Å². The summed E-state index contributed by atoms with van der Waals surface area (Å²) < 4.78 is 45.5. The number of H-pyrrole nitrogens is 1. The average Bonchev–Trinajstić information content (AvgIpc) is 3.40. The number of carbonyl (C=O) groups excluding carboxylic acids is 2. The standard InChI is InChI=1S/C33H36F3N3O3/c1-3-5-18-39(32(41)25-9-8-10-27(20-25)33(34,35)36)23-31(40)38(22-24-13-15-28(16-14-24)42-4-2)19-17-26-21-37-30-12-7-6-11-29(26)30/h6-16,20-21,37H,3-5,17-19,22-23H2,1-2H3. The maximum Gasteiger partial charge on any atom is 0.416 e. The van der Waals surface area contributed by atoms with E-state index in [0.717, 1.165) is 46.3 Å². The van der Waals surface area contributed by atoms with Crippen LogP contribution in [0.3, 0.4) is 0 Å².